The van der Waals surface area contributed by atoms with Crippen LogP contribution < -0.4 is 5.32 Å². The van der Waals surface area contributed by atoms with E-state index in [1.54, 1.807) is 0 Å². The molecular weight excluding hydrogens is 331 g/mol. The first kappa shape index (κ1) is 17.8. The molecule has 2 rings (SSSR count). The number of carbonyl (C=O) groups is 3. The number of amides is 3. The SMILES string of the molecule is O=C(NCC(=O)N1CCCN1C(=O)CCC(F)(F)F)c1ccco1. The highest BCUT2D eigenvalue weighted by molar-refractivity contribution is 5.94. The lowest BCUT2D eigenvalue weighted by Crippen LogP contribution is -2.48. The summed E-state index contributed by atoms with van der Waals surface area (Å²) >= 11 is 0. The molecule has 1 aromatic rings. The minimum absolute atomic E-state index is 0.0299. The molecule has 1 fully saturated rings. The molecule has 0 bridgehead atoms. The van der Waals surface area contributed by atoms with Gasteiger partial charge in [-0.05, 0) is 18.6 Å². The molecule has 0 radical (unpaired) electrons. The van der Waals surface area contributed by atoms with Crippen molar-refractivity contribution >= 4 is 17.7 Å². The molecule has 132 valence electrons. The second kappa shape index (κ2) is 7.37. The number of rotatable bonds is 5. The zero-order valence-corrected chi connectivity index (χ0v) is 12.6. The van der Waals surface area contributed by atoms with Crippen LogP contribution in [0.1, 0.15) is 29.8 Å². The fourth-order valence-corrected chi connectivity index (χ4v) is 2.25. The maximum absolute atomic E-state index is 12.2. The smallest absolute Gasteiger partial charge is 0.389 e. The Bertz CT molecular complexity index is 601. The van der Waals surface area contributed by atoms with Crippen molar-refractivity contribution in [2.75, 3.05) is 19.6 Å². The van der Waals surface area contributed by atoms with Crippen molar-refractivity contribution in [3.05, 3.63) is 24.2 Å². The Hall–Kier alpha value is -2.52. The third-order valence-corrected chi connectivity index (χ3v) is 3.37. The van der Waals surface area contributed by atoms with Gasteiger partial charge < -0.3 is 9.73 Å². The highest BCUT2D eigenvalue weighted by Gasteiger charge is 2.34. The zero-order valence-electron chi connectivity index (χ0n) is 12.6. The molecule has 1 N–H and O–H groups in total. The van der Waals surface area contributed by atoms with Crippen LogP contribution in [0.3, 0.4) is 0 Å². The second-order valence-corrected chi connectivity index (χ2v) is 5.16. The van der Waals surface area contributed by atoms with Crippen LogP contribution >= 0.6 is 0 Å². The summed E-state index contributed by atoms with van der Waals surface area (Å²) in [4.78, 5) is 35.6. The Morgan fingerprint density at radius 3 is 2.42 bits per heavy atom. The van der Waals surface area contributed by atoms with Gasteiger partial charge >= 0.3 is 6.18 Å². The normalized spacial score (nSPS) is 14.8. The van der Waals surface area contributed by atoms with Crippen molar-refractivity contribution in [1.29, 1.82) is 0 Å². The molecule has 7 nitrogen and oxygen atoms in total. The van der Waals surface area contributed by atoms with E-state index in [1.807, 2.05) is 0 Å². The van der Waals surface area contributed by atoms with Gasteiger partial charge in [-0.15, -0.1) is 0 Å². The summed E-state index contributed by atoms with van der Waals surface area (Å²) in [6.07, 6.45) is -4.61. The van der Waals surface area contributed by atoms with Crippen molar-refractivity contribution in [3.63, 3.8) is 0 Å². The van der Waals surface area contributed by atoms with Crippen LogP contribution in [0.25, 0.3) is 0 Å². The maximum Gasteiger partial charge on any atom is 0.389 e. The molecule has 1 aliphatic heterocycles. The molecule has 0 aromatic carbocycles. The predicted molar refractivity (Wildman–Crippen MR) is 74.4 cm³/mol. The number of hydrogen-bond donors (Lipinski definition) is 1. The quantitative estimate of drug-likeness (QED) is 0.871. The molecule has 0 spiro atoms. The van der Waals surface area contributed by atoms with Crippen LogP contribution in [0, 0.1) is 0 Å². The van der Waals surface area contributed by atoms with E-state index in [9.17, 15) is 27.6 Å². The first-order chi connectivity index (χ1) is 11.3. The molecule has 3 amide bonds. The Morgan fingerprint density at radius 2 is 1.83 bits per heavy atom. The summed E-state index contributed by atoms with van der Waals surface area (Å²) in [5.74, 6) is -1.91. The van der Waals surface area contributed by atoms with Gasteiger partial charge in [-0.2, -0.15) is 13.2 Å². The van der Waals surface area contributed by atoms with Gasteiger partial charge in [0.15, 0.2) is 5.76 Å². The first-order valence-corrected chi connectivity index (χ1v) is 7.27. The predicted octanol–water partition coefficient (Wildman–Crippen LogP) is 1.33. The number of nitrogens with zero attached hydrogens (tertiary/aromatic N) is 2. The standard InChI is InChI=1S/C14H16F3N3O4/c15-14(16,17)5-4-11(21)19-6-2-7-20(19)12(22)9-18-13(23)10-3-1-8-24-10/h1,3,8H,2,4-7,9H2,(H,18,23). The number of carbonyl (C=O) groups excluding carboxylic acids is 3. The van der Waals surface area contributed by atoms with Crippen LogP contribution in [-0.4, -0.2) is 53.5 Å². The molecule has 24 heavy (non-hydrogen) atoms. The number of hydrazine groups is 1. The molecule has 0 atom stereocenters. The molecule has 0 saturated carbocycles. The highest BCUT2D eigenvalue weighted by Crippen LogP contribution is 2.23. The average molecular weight is 347 g/mol. The molecule has 1 aromatic heterocycles. The van der Waals surface area contributed by atoms with Crippen LogP contribution in [0.4, 0.5) is 13.2 Å². The van der Waals surface area contributed by atoms with Gasteiger partial charge in [0.2, 0.25) is 5.91 Å². The Morgan fingerprint density at radius 1 is 1.17 bits per heavy atom. The third kappa shape index (κ3) is 4.74. The average Bonchev–Trinajstić information content (AvgIpc) is 3.19. The van der Waals surface area contributed by atoms with E-state index in [0.29, 0.717) is 6.42 Å². The van der Waals surface area contributed by atoms with Crippen molar-refractivity contribution in [1.82, 2.24) is 15.3 Å². The summed E-state index contributed by atoms with van der Waals surface area (Å²) in [7, 11) is 0. The van der Waals surface area contributed by atoms with E-state index < -0.39 is 36.7 Å². The van der Waals surface area contributed by atoms with Crippen molar-refractivity contribution in [2.24, 2.45) is 0 Å². The Balaban J connectivity index is 1.86. The lowest BCUT2D eigenvalue weighted by atomic mass is 10.3. The van der Waals surface area contributed by atoms with E-state index >= 15 is 0 Å². The van der Waals surface area contributed by atoms with E-state index in [0.717, 1.165) is 10.0 Å². The minimum atomic E-state index is -4.43. The van der Waals surface area contributed by atoms with E-state index in [4.69, 9.17) is 4.42 Å². The molecule has 1 saturated heterocycles. The fourth-order valence-electron chi connectivity index (χ4n) is 2.25. The molecule has 0 aliphatic carbocycles. The lowest BCUT2D eigenvalue weighted by molar-refractivity contribution is -0.163. The maximum atomic E-state index is 12.2. The van der Waals surface area contributed by atoms with Crippen molar-refractivity contribution in [2.45, 2.75) is 25.4 Å². The summed E-state index contributed by atoms with van der Waals surface area (Å²) < 4.78 is 41.5. The van der Waals surface area contributed by atoms with Crippen molar-refractivity contribution in [3.8, 4) is 0 Å². The molecular formula is C14H16F3N3O4. The van der Waals surface area contributed by atoms with Crippen LogP contribution in [0.5, 0.6) is 0 Å². The van der Waals surface area contributed by atoms with Gasteiger partial charge in [0.05, 0.1) is 19.2 Å². The van der Waals surface area contributed by atoms with E-state index in [-0.39, 0.29) is 25.4 Å². The highest BCUT2D eigenvalue weighted by atomic mass is 19.4. The number of halogens is 3. The summed E-state index contributed by atoms with van der Waals surface area (Å²) in [5.41, 5.74) is 0. The lowest BCUT2D eigenvalue weighted by Gasteiger charge is -2.28. The van der Waals surface area contributed by atoms with Gasteiger partial charge in [-0.25, -0.2) is 5.01 Å². The van der Waals surface area contributed by atoms with E-state index in [1.165, 1.54) is 18.4 Å². The number of furan rings is 1. The number of alkyl halides is 3. The first-order valence-electron chi connectivity index (χ1n) is 7.27. The third-order valence-electron chi connectivity index (χ3n) is 3.37. The molecule has 10 heteroatoms. The van der Waals surface area contributed by atoms with Crippen LogP contribution in [0.15, 0.2) is 22.8 Å². The Kier molecular flexibility index (Phi) is 5.47. The van der Waals surface area contributed by atoms with Gasteiger partial charge in [-0.3, -0.25) is 19.4 Å². The second-order valence-electron chi connectivity index (χ2n) is 5.16. The topological polar surface area (TPSA) is 82.9 Å². The van der Waals surface area contributed by atoms with Gasteiger partial charge in [0.1, 0.15) is 0 Å². The molecule has 1 aliphatic rings. The fraction of sp³-hybridized carbons (Fsp3) is 0.500. The Labute approximate surface area is 135 Å². The molecule has 2 heterocycles. The summed E-state index contributed by atoms with van der Waals surface area (Å²) in [6.45, 7) is 0.00432. The van der Waals surface area contributed by atoms with Gasteiger partial charge in [-0.1, -0.05) is 0 Å². The van der Waals surface area contributed by atoms with E-state index in [2.05, 4.69) is 5.32 Å². The monoisotopic (exact) mass is 347 g/mol. The van der Waals surface area contributed by atoms with Gasteiger partial charge in [0.25, 0.3) is 11.8 Å². The van der Waals surface area contributed by atoms with Gasteiger partial charge in [0, 0.05) is 19.5 Å². The zero-order chi connectivity index (χ0) is 17.7. The van der Waals surface area contributed by atoms with Crippen molar-refractivity contribution < 1.29 is 32.0 Å². The number of hydrogen-bond acceptors (Lipinski definition) is 4. The largest absolute Gasteiger partial charge is 0.459 e. The minimum Gasteiger partial charge on any atom is -0.459 e. The molecule has 0 unspecified atom stereocenters. The van der Waals surface area contributed by atoms with Crippen LogP contribution in [0.2, 0.25) is 0 Å². The van der Waals surface area contributed by atoms with Crippen LogP contribution in [-0.2, 0) is 9.59 Å². The summed E-state index contributed by atoms with van der Waals surface area (Å²) in [5, 5.41) is 4.41. The summed E-state index contributed by atoms with van der Waals surface area (Å²) in [6, 6.07) is 2.93. The number of nitrogens with one attached hydrogen (secondary N) is 1.